The minimum Gasteiger partial charge on any atom is -0.493 e. The van der Waals surface area contributed by atoms with Crippen molar-refractivity contribution in [1.29, 1.82) is 0 Å². The number of nitrogens with one attached hydrogen (secondary N) is 1. The van der Waals surface area contributed by atoms with Gasteiger partial charge in [0.2, 0.25) is 0 Å². The van der Waals surface area contributed by atoms with Crippen molar-refractivity contribution in [2.24, 2.45) is 5.92 Å². The van der Waals surface area contributed by atoms with Crippen LogP contribution in [-0.2, 0) is 6.54 Å². The van der Waals surface area contributed by atoms with Crippen LogP contribution in [0.15, 0.2) is 30.9 Å². The Morgan fingerprint density at radius 2 is 2.10 bits per heavy atom. The highest BCUT2D eigenvalue weighted by molar-refractivity contribution is 5.42. The fourth-order valence-electron chi connectivity index (χ4n) is 1.86. The zero-order valence-corrected chi connectivity index (χ0v) is 12.9. The predicted octanol–water partition coefficient (Wildman–Crippen LogP) is 3.79. The summed E-state index contributed by atoms with van der Waals surface area (Å²) in [7, 11) is 1.68. The third kappa shape index (κ3) is 6.11. The topological polar surface area (TPSA) is 30.5 Å². The van der Waals surface area contributed by atoms with Crippen molar-refractivity contribution in [3.8, 4) is 11.5 Å². The molecule has 0 saturated heterocycles. The van der Waals surface area contributed by atoms with E-state index in [-0.39, 0.29) is 0 Å². The second-order valence-corrected chi connectivity index (χ2v) is 5.29. The molecule has 1 aromatic rings. The summed E-state index contributed by atoms with van der Waals surface area (Å²) >= 11 is 0. The van der Waals surface area contributed by atoms with Gasteiger partial charge >= 0.3 is 0 Å². The number of ether oxygens (including phenoxy) is 2. The molecule has 0 amide bonds. The highest BCUT2D eigenvalue weighted by Crippen LogP contribution is 2.28. The molecule has 0 unspecified atom stereocenters. The van der Waals surface area contributed by atoms with Crippen molar-refractivity contribution in [2.45, 2.75) is 33.2 Å². The van der Waals surface area contributed by atoms with E-state index in [2.05, 4.69) is 31.8 Å². The van der Waals surface area contributed by atoms with E-state index in [0.717, 1.165) is 37.4 Å². The molecule has 0 aliphatic carbocycles. The van der Waals surface area contributed by atoms with Crippen LogP contribution in [0.1, 0.15) is 32.3 Å². The van der Waals surface area contributed by atoms with E-state index in [1.807, 2.05) is 18.2 Å². The fraction of sp³-hybridized carbons (Fsp3) is 0.529. The van der Waals surface area contributed by atoms with Crippen LogP contribution in [0, 0.1) is 5.92 Å². The van der Waals surface area contributed by atoms with Crippen molar-refractivity contribution < 1.29 is 9.47 Å². The van der Waals surface area contributed by atoms with Crippen molar-refractivity contribution in [3.05, 3.63) is 36.4 Å². The molecule has 1 N–H and O–H groups in total. The molecule has 0 saturated carbocycles. The van der Waals surface area contributed by atoms with Crippen LogP contribution in [0.25, 0.3) is 0 Å². The molecule has 0 aliphatic rings. The Morgan fingerprint density at radius 1 is 1.30 bits per heavy atom. The van der Waals surface area contributed by atoms with Gasteiger partial charge in [-0.1, -0.05) is 26.0 Å². The molecule has 0 aromatic heterocycles. The molecule has 1 rings (SSSR count). The average molecular weight is 277 g/mol. The van der Waals surface area contributed by atoms with Gasteiger partial charge in [0.1, 0.15) is 0 Å². The number of unbranched alkanes of at least 4 members (excludes halogenated alkanes) is 1. The maximum absolute atomic E-state index is 5.73. The molecule has 1 aromatic carbocycles. The Kier molecular flexibility index (Phi) is 7.81. The van der Waals surface area contributed by atoms with Crippen LogP contribution in [0.2, 0.25) is 0 Å². The number of benzene rings is 1. The van der Waals surface area contributed by atoms with Gasteiger partial charge in [0.05, 0.1) is 13.7 Å². The zero-order valence-electron chi connectivity index (χ0n) is 12.9. The lowest BCUT2D eigenvalue weighted by Gasteiger charge is -2.13. The highest BCUT2D eigenvalue weighted by Gasteiger charge is 2.05. The summed E-state index contributed by atoms with van der Waals surface area (Å²) in [5, 5.41) is 3.42. The summed E-state index contributed by atoms with van der Waals surface area (Å²) in [5.74, 6) is 2.26. The standard InChI is InChI=1S/C17H27NO2/c1-5-6-7-10-20-16-9-8-15(11-17(16)19-4)13-18-12-14(2)3/h5,8-9,11,14,18H,1,6-7,10,12-13H2,2-4H3. The predicted molar refractivity (Wildman–Crippen MR) is 84.5 cm³/mol. The Bertz CT molecular complexity index is 402. The van der Waals surface area contributed by atoms with Gasteiger partial charge in [-0.2, -0.15) is 0 Å². The summed E-state index contributed by atoms with van der Waals surface area (Å²) in [6.45, 7) is 10.7. The molecular weight excluding hydrogens is 250 g/mol. The first-order valence-corrected chi connectivity index (χ1v) is 7.28. The lowest BCUT2D eigenvalue weighted by atomic mass is 10.2. The Labute approximate surface area is 123 Å². The molecule has 0 fully saturated rings. The smallest absolute Gasteiger partial charge is 0.161 e. The molecule has 0 aliphatic heterocycles. The van der Waals surface area contributed by atoms with Crippen LogP contribution < -0.4 is 14.8 Å². The number of rotatable bonds is 10. The first kappa shape index (κ1) is 16.6. The lowest BCUT2D eigenvalue weighted by Crippen LogP contribution is -2.18. The lowest BCUT2D eigenvalue weighted by molar-refractivity contribution is 0.290. The Hall–Kier alpha value is -1.48. The van der Waals surface area contributed by atoms with Gasteiger partial charge in [0.15, 0.2) is 11.5 Å². The molecule has 20 heavy (non-hydrogen) atoms. The van der Waals surface area contributed by atoms with E-state index in [4.69, 9.17) is 9.47 Å². The van der Waals surface area contributed by atoms with Crippen molar-refractivity contribution >= 4 is 0 Å². The second-order valence-electron chi connectivity index (χ2n) is 5.29. The van der Waals surface area contributed by atoms with Gasteiger partial charge in [0.25, 0.3) is 0 Å². The number of methoxy groups -OCH3 is 1. The first-order valence-electron chi connectivity index (χ1n) is 7.28. The van der Waals surface area contributed by atoms with E-state index in [0.29, 0.717) is 12.5 Å². The molecular formula is C17H27NO2. The molecule has 0 atom stereocenters. The van der Waals surface area contributed by atoms with Crippen LogP contribution in [0.4, 0.5) is 0 Å². The molecule has 0 radical (unpaired) electrons. The third-order valence-electron chi connectivity index (χ3n) is 2.92. The quantitative estimate of drug-likeness (QED) is 0.521. The first-order chi connectivity index (χ1) is 9.67. The van der Waals surface area contributed by atoms with E-state index in [1.165, 1.54) is 5.56 Å². The van der Waals surface area contributed by atoms with Crippen LogP contribution in [-0.4, -0.2) is 20.3 Å². The summed E-state index contributed by atoms with van der Waals surface area (Å²) in [6.07, 6.45) is 3.86. The van der Waals surface area contributed by atoms with Gasteiger partial charge in [-0.3, -0.25) is 0 Å². The maximum atomic E-state index is 5.73. The summed E-state index contributed by atoms with van der Waals surface area (Å²) < 4.78 is 11.1. The minimum absolute atomic E-state index is 0.657. The zero-order chi connectivity index (χ0) is 14.8. The number of hydrogen-bond acceptors (Lipinski definition) is 3. The van der Waals surface area contributed by atoms with Crippen LogP contribution in [0.5, 0.6) is 11.5 Å². The van der Waals surface area contributed by atoms with Gasteiger partial charge in [0, 0.05) is 6.54 Å². The van der Waals surface area contributed by atoms with E-state index in [9.17, 15) is 0 Å². The normalized spacial score (nSPS) is 10.6. The van der Waals surface area contributed by atoms with Gasteiger partial charge in [-0.05, 0) is 43.0 Å². The molecule has 0 heterocycles. The minimum atomic E-state index is 0.657. The molecule has 0 spiro atoms. The van der Waals surface area contributed by atoms with Gasteiger partial charge in [-0.25, -0.2) is 0 Å². The molecule has 112 valence electrons. The van der Waals surface area contributed by atoms with Crippen molar-refractivity contribution in [1.82, 2.24) is 5.32 Å². The maximum Gasteiger partial charge on any atom is 0.161 e. The van der Waals surface area contributed by atoms with Crippen LogP contribution in [0.3, 0.4) is 0 Å². The average Bonchev–Trinajstić information content (AvgIpc) is 2.44. The molecule has 3 heteroatoms. The largest absolute Gasteiger partial charge is 0.493 e. The third-order valence-corrected chi connectivity index (χ3v) is 2.92. The monoisotopic (exact) mass is 277 g/mol. The van der Waals surface area contributed by atoms with Crippen LogP contribution >= 0.6 is 0 Å². The summed E-state index contributed by atoms with van der Waals surface area (Å²) in [4.78, 5) is 0. The number of hydrogen-bond donors (Lipinski definition) is 1. The molecule has 0 bridgehead atoms. The van der Waals surface area contributed by atoms with Crippen molar-refractivity contribution in [2.75, 3.05) is 20.3 Å². The van der Waals surface area contributed by atoms with E-state index < -0.39 is 0 Å². The van der Waals surface area contributed by atoms with Gasteiger partial charge in [-0.15, -0.1) is 6.58 Å². The van der Waals surface area contributed by atoms with E-state index >= 15 is 0 Å². The fourth-order valence-corrected chi connectivity index (χ4v) is 1.86. The van der Waals surface area contributed by atoms with Gasteiger partial charge < -0.3 is 14.8 Å². The molecule has 3 nitrogen and oxygen atoms in total. The number of allylic oxidation sites excluding steroid dienone is 1. The highest BCUT2D eigenvalue weighted by atomic mass is 16.5. The van der Waals surface area contributed by atoms with E-state index in [1.54, 1.807) is 7.11 Å². The van der Waals surface area contributed by atoms with Crippen molar-refractivity contribution in [3.63, 3.8) is 0 Å². The summed E-state index contributed by atoms with van der Waals surface area (Å²) in [6, 6.07) is 6.11. The second kappa shape index (κ2) is 9.43. The Morgan fingerprint density at radius 3 is 2.75 bits per heavy atom. The summed E-state index contributed by atoms with van der Waals surface area (Å²) in [5.41, 5.74) is 1.21. The Balaban J connectivity index is 2.53. The SMILES string of the molecule is C=CCCCOc1ccc(CNCC(C)C)cc1OC.